The van der Waals surface area contributed by atoms with Crippen LogP contribution < -0.4 is 10.1 Å². The van der Waals surface area contributed by atoms with Gasteiger partial charge < -0.3 is 24.4 Å². The molecule has 10 heteroatoms. The van der Waals surface area contributed by atoms with Crippen LogP contribution in [-0.4, -0.2) is 52.8 Å². The van der Waals surface area contributed by atoms with Gasteiger partial charge in [-0.05, 0) is 63.2 Å². The average Bonchev–Trinajstić information content (AvgIpc) is 3.25. The second kappa shape index (κ2) is 11.7. The highest BCUT2D eigenvalue weighted by molar-refractivity contribution is 6.31. The number of ether oxygens (including phenoxy) is 3. The van der Waals surface area contributed by atoms with Crippen molar-refractivity contribution in [3.63, 3.8) is 0 Å². The molecule has 0 spiro atoms. The fraction of sp³-hybridized carbons (Fsp3) is 0.300. The van der Waals surface area contributed by atoms with Crippen LogP contribution in [0.25, 0.3) is 10.9 Å². The summed E-state index contributed by atoms with van der Waals surface area (Å²) in [5, 5.41) is 4.64. The van der Waals surface area contributed by atoms with Gasteiger partial charge in [0.2, 0.25) is 0 Å². The number of anilines is 2. The van der Waals surface area contributed by atoms with Crippen molar-refractivity contribution in [2.24, 2.45) is 4.99 Å². The number of hydrogen-bond acceptors (Lipinski definition) is 7. The summed E-state index contributed by atoms with van der Waals surface area (Å²) in [6.07, 6.45) is 1.51. The summed E-state index contributed by atoms with van der Waals surface area (Å²) >= 11 is 6.53. The van der Waals surface area contributed by atoms with Gasteiger partial charge in [0.15, 0.2) is 0 Å². The van der Waals surface area contributed by atoms with Crippen LogP contribution in [0.1, 0.15) is 26.3 Å². The van der Waals surface area contributed by atoms with E-state index in [1.807, 2.05) is 63.1 Å². The Morgan fingerprint density at radius 1 is 1.12 bits per heavy atom. The minimum Gasteiger partial charge on any atom is -0.489 e. The topological polar surface area (TPSA) is 81.1 Å². The fourth-order valence-electron chi connectivity index (χ4n) is 4.08. The monoisotopic (exact) mass is 563 g/mol. The maximum absolute atomic E-state index is 13.4. The molecule has 8 nitrogen and oxygen atoms in total. The highest BCUT2D eigenvalue weighted by atomic mass is 35.5. The quantitative estimate of drug-likeness (QED) is 0.250. The van der Waals surface area contributed by atoms with Crippen molar-refractivity contribution < 1.29 is 18.6 Å². The number of aliphatic imine (C=N–C) groups is 1. The first kappa shape index (κ1) is 27.6. The van der Waals surface area contributed by atoms with Crippen molar-refractivity contribution >= 4 is 45.7 Å². The minimum absolute atomic E-state index is 0.0889. The maximum Gasteiger partial charge on any atom is 0.292 e. The third-order valence-corrected chi connectivity index (χ3v) is 6.66. The van der Waals surface area contributed by atoms with E-state index in [1.165, 1.54) is 18.5 Å². The zero-order valence-electron chi connectivity index (χ0n) is 22.8. The number of aromatic nitrogens is 2. The molecule has 0 radical (unpaired) electrons. The van der Waals surface area contributed by atoms with Gasteiger partial charge in [0.05, 0.1) is 29.5 Å². The summed E-state index contributed by atoms with van der Waals surface area (Å²) in [7, 11) is 1.95. The molecule has 3 aromatic carbocycles. The second-order valence-corrected chi connectivity index (χ2v) is 10.9. The highest BCUT2D eigenvalue weighted by Crippen LogP contribution is 2.30. The van der Waals surface area contributed by atoms with Gasteiger partial charge in [-0.15, -0.1) is 0 Å². The van der Waals surface area contributed by atoms with Crippen LogP contribution in [0, 0.1) is 5.82 Å². The number of benzene rings is 3. The molecule has 4 aromatic rings. The van der Waals surface area contributed by atoms with Crippen molar-refractivity contribution in [1.82, 2.24) is 14.9 Å². The Kier molecular flexibility index (Phi) is 8.04. The van der Waals surface area contributed by atoms with Crippen molar-refractivity contribution in [1.29, 1.82) is 0 Å². The summed E-state index contributed by atoms with van der Waals surface area (Å²) in [4.78, 5) is 15.6. The van der Waals surface area contributed by atoms with Crippen molar-refractivity contribution in [3.8, 4) is 5.75 Å². The molecule has 40 heavy (non-hydrogen) atoms. The van der Waals surface area contributed by atoms with E-state index in [1.54, 1.807) is 18.2 Å². The third-order valence-electron chi connectivity index (χ3n) is 6.31. The molecule has 0 bridgehead atoms. The Labute approximate surface area is 237 Å². The third kappa shape index (κ3) is 6.78. The van der Waals surface area contributed by atoms with Gasteiger partial charge in [0.25, 0.3) is 6.02 Å². The molecule has 1 atom stereocenters. The van der Waals surface area contributed by atoms with Crippen LogP contribution >= 0.6 is 11.6 Å². The summed E-state index contributed by atoms with van der Waals surface area (Å²) < 4.78 is 30.9. The fourth-order valence-corrected chi connectivity index (χ4v) is 4.31. The Morgan fingerprint density at radius 3 is 2.75 bits per heavy atom. The van der Waals surface area contributed by atoms with Gasteiger partial charge in [0.1, 0.15) is 36.9 Å². The Bertz CT molecular complexity index is 1540. The van der Waals surface area contributed by atoms with Gasteiger partial charge in [-0.1, -0.05) is 23.7 Å². The maximum atomic E-state index is 13.4. The second-order valence-electron chi connectivity index (χ2n) is 10.5. The number of fused-ring (bicyclic) bond motifs is 1. The number of halogens is 2. The zero-order valence-corrected chi connectivity index (χ0v) is 23.6. The number of amidine groups is 1. The largest absolute Gasteiger partial charge is 0.489 e. The number of nitrogens with zero attached hydrogens (tertiary/aromatic N) is 4. The molecule has 1 unspecified atom stereocenters. The molecule has 0 amide bonds. The van der Waals surface area contributed by atoms with E-state index in [0.717, 1.165) is 22.2 Å². The molecule has 2 heterocycles. The molecular weight excluding hydrogens is 533 g/mol. The molecular formula is C30H31ClFN5O3. The van der Waals surface area contributed by atoms with Crippen molar-refractivity contribution in [3.05, 3.63) is 83.4 Å². The summed E-state index contributed by atoms with van der Waals surface area (Å²) in [6.45, 7) is 7.38. The van der Waals surface area contributed by atoms with E-state index in [-0.39, 0.29) is 24.1 Å². The van der Waals surface area contributed by atoms with Crippen LogP contribution in [0.4, 0.5) is 21.6 Å². The summed E-state index contributed by atoms with van der Waals surface area (Å²) in [6, 6.07) is 17.9. The highest BCUT2D eigenvalue weighted by Gasteiger charge is 2.29. The lowest BCUT2D eigenvalue weighted by Crippen LogP contribution is -2.36. The molecule has 0 aliphatic carbocycles. The number of hydrogen-bond donors (Lipinski definition) is 1. The first-order valence-electron chi connectivity index (χ1n) is 12.9. The molecule has 5 rings (SSSR count). The predicted molar refractivity (Wildman–Crippen MR) is 155 cm³/mol. The molecule has 0 saturated carbocycles. The minimum atomic E-state index is -0.354. The summed E-state index contributed by atoms with van der Waals surface area (Å²) in [5.41, 5.74) is 2.78. The van der Waals surface area contributed by atoms with E-state index >= 15 is 0 Å². The normalized spacial score (nSPS) is 16.4. The van der Waals surface area contributed by atoms with Crippen LogP contribution in [0.15, 0.2) is 72.0 Å². The first-order chi connectivity index (χ1) is 19.1. The van der Waals surface area contributed by atoms with Crippen molar-refractivity contribution in [2.45, 2.75) is 39.0 Å². The molecule has 1 aliphatic heterocycles. The standard InChI is InChI=1S/C30H31ClFN5O3/c1-30(2,3)40-17-23-16-39-29(37(23)4)36-21-10-11-27-25(13-21)28(34-18-33-27)35-22-9-8-19(26(31)14-22)15-38-24-7-5-6-20(32)12-24/h5-14,18,23H,15-17H2,1-4H3,(H,33,34,35). The molecule has 1 saturated heterocycles. The van der Waals surface area contributed by atoms with Crippen LogP contribution in [-0.2, 0) is 16.1 Å². The molecule has 1 aliphatic rings. The van der Waals surface area contributed by atoms with E-state index in [2.05, 4.69) is 15.3 Å². The van der Waals surface area contributed by atoms with Crippen LogP contribution in [0.2, 0.25) is 5.02 Å². The Balaban J connectivity index is 1.31. The molecule has 1 N–H and O–H groups in total. The number of rotatable bonds is 8. The van der Waals surface area contributed by atoms with E-state index in [0.29, 0.717) is 41.5 Å². The zero-order chi connectivity index (χ0) is 28.3. The predicted octanol–water partition coefficient (Wildman–Crippen LogP) is 6.88. The summed E-state index contributed by atoms with van der Waals surface area (Å²) in [5.74, 6) is 0.699. The lowest BCUT2D eigenvalue weighted by atomic mass is 10.2. The van der Waals surface area contributed by atoms with Gasteiger partial charge in [-0.2, -0.15) is 4.99 Å². The van der Waals surface area contributed by atoms with Crippen molar-refractivity contribution in [2.75, 3.05) is 25.6 Å². The van der Waals surface area contributed by atoms with E-state index in [9.17, 15) is 4.39 Å². The van der Waals surface area contributed by atoms with Gasteiger partial charge in [0, 0.05) is 34.8 Å². The Hall–Kier alpha value is -3.95. The van der Waals surface area contributed by atoms with Gasteiger partial charge in [-0.25, -0.2) is 14.4 Å². The van der Waals surface area contributed by atoms with Gasteiger partial charge >= 0.3 is 0 Å². The average molecular weight is 564 g/mol. The number of likely N-dealkylation sites (N-methyl/N-ethyl adjacent to an activating group) is 1. The van der Waals surface area contributed by atoms with Crippen LogP contribution in [0.3, 0.4) is 0 Å². The number of nitrogens with one attached hydrogen (secondary N) is 1. The lowest BCUT2D eigenvalue weighted by molar-refractivity contribution is -0.0220. The Morgan fingerprint density at radius 2 is 1.98 bits per heavy atom. The van der Waals surface area contributed by atoms with Crippen LogP contribution in [0.5, 0.6) is 5.75 Å². The smallest absolute Gasteiger partial charge is 0.292 e. The SMILES string of the molecule is CN1C(=Nc2ccc3ncnc(Nc4ccc(COc5cccc(F)c5)c(Cl)c4)c3c2)OCC1COC(C)(C)C. The molecule has 1 aromatic heterocycles. The molecule has 1 fully saturated rings. The van der Waals surface area contributed by atoms with E-state index in [4.69, 9.17) is 30.8 Å². The molecule has 208 valence electrons. The van der Waals surface area contributed by atoms with Gasteiger partial charge in [-0.3, -0.25) is 0 Å². The first-order valence-corrected chi connectivity index (χ1v) is 13.3. The van der Waals surface area contributed by atoms with E-state index < -0.39 is 0 Å². The lowest BCUT2D eigenvalue weighted by Gasteiger charge is -2.24.